The van der Waals surface area contributed by atoms with Crippen molar-refractivity contribution in [1.82, 2.24) is 4.90 Å². The molecule has 2 fully saturated rings. The van der Waals surface area contributed by atoms with Crippen LogP contribution in [0.15, 0.2) is 0 Å². The van der Waals surface area contributed by atoms with Crippen molar-refractivity contribution in [2.45, 2.75) is 77.5 Å². The second-order valence-electron chi connectivity index (χ2n) is 7.05. The third-order valence-electron chi connectivity index (χ3n) is 5.37. The summed E-state index contributed by atoms with van der Waals surface area (Å²) in [5.41, 5.74) is 6.42. The summed E-state index contributed by atoms with van der Waals surface area (Å²) < 4.78 is 5.81. The first kappa shape index (κ1) is 16.3. The lowest BCUT2D eigenvalue weighted by atomic mass is 9.76. The van der Waals surface area contributed by atoms with Crippen molar-refractivity contribution in [3.63, 3.8) is 0 Å². The van der Waals surface area contributed by atoms with Crippen LogP contribution in [0, 0.1) is 11.8 Å². The molecule has 0 radical (unpaired) electrons. The first-order valence-corrected chi connectivity index (χ1v) is 8.75. The van der Waals surface area contributed by atoms with Crippen LogP contribution in [-0.2, 0) is 4.74 Å². The van der Waals surface area contributed by atoms with Crippen LogP contribution in [0.3, 0.4) is 0 Å². The van der Waals surface area contributed by atoms with E-state index in [-0.39, 0.29) is 0 Å². The van der Waals surface area contributed by atoms with E-state index in [2.05, 4.69) is 25.7 Å². The van der Waals surface area contributed by atoms with Crippen molar-refractivity contribution in [3.8, 4) is 0 Å². The molecule has 2 rings (SSSR count). The Morgan fingerprint density at radius 2 is 2.05 bits per heavy atom. The molecule has 1 saturated heterocycles. The summed E-state index contributed by atoms with van der Waals surface area (Å²) in [5.74, 6) is 1.61. The molecule has 0 amide bonds. The van der Waals surface area contributed by atoms with E-state index in [9.17, 15) is 0 Å². The van der Waals surface area contributed by atoms with Crippen molar-refractivity contribution in [3.05, 3.63) is 0 Å². The molecule has 5 unspecified atom stereocenters. The van der Waals surface area contributed by atoms with Gasteiger partial charge in [0.2, 0.25) is 0 Å². The smallest absolute Gasteiger partial charge is 0.0674 e. The van der Waals surface area contributed by atoms with Crippen LogP contribution in [0.1, 0.15) is 59.3 Å². The van der Waals surface area contributed by atoms with Gasteiger partial charge < -0.3 is 10.5 Å². The van der Waals surface area contributed by atoms with Crippen LogP contribution in [0.25, 0.3) is 0 Å². The minimum Gasteiger partial charge on any atom is -0.376 e. The molecule has 2 aliphatic rings. The highest BCUT2D eigenvalue weighted by atomic mass is 16.5. The van der Waals surface area contributed by atoms with Gasteiger partial charge in [-0.1, -0.05) is 26.7 Å². The summed E-state index contributed by atoms with van der Waals surface area (Å²) in [6, 6.07) is 1.02. The number of rotatable bonds is 5. The SMILES string of the molecule is CCCC1CCC(N)C(CN2CC(C)OCC2CC)C1. The summed E-state index contributed by atoms with van der Waals surface area (Å²) in [6.07, 6.45) is 8.20. The van der Waals surface area contributed by atoms with E-state index in [1.807, 2.05) is 0 Å². The van der Waals surface area contributed by atoms with E-state index in [0.29, 0.717) is 24.1 Å². The minimum absolute atomic E-state index is 0.379. The first-order chi connectivity index (χ1) is 9.63. The zero-order valence-corrected chi connectivity index (χ0v) is 13.7. The highest BCUT2D eigenvalue weighted by molar-refractivity contribution is 4.87. The fourth-order valence-corrected chi connectivity index (χ4v) is 4.08. The lowest BCUT2D eigenvalue weighted by Gasteiger charge is -2.43. The normalized spacial score (nSPS) is 39.9. The molecule has 0 spiro atoms. The predicted octanol–water partition coefficient (Wildman–Crippen LogP) is 3.03. The third-order valence-corrected chi connectivity index (χ3v) is 5.37. The Morgan fingerprint density at radius 3 is 2.75 bits per heavy atom. The van der Waals surface area contributed by atoms with Gasteiger partial charge in [-0.15, -0.1) is 0 Å². The number of morpholine rings is 1. The van der Waals surface area contributed by atoms with Gasteiger partial charge in [0, 0.05) is 25.2 Å². The van der Waals surface area contributed by atoms with Crippen LogP contribution >= 0.6 is 0 Å². The third kappa shape index (κ3) is 4.19. The first-order valence-electron chi connectivity index (χ1n) is 8.75. The summed E-state index contributed by atoms with van der Waals surface area (Å²) in [4.78, 5) is 2.66. The van der Waals surface area contributed by atoms with Gasteiger partial charge in [0.15, 0.2) is 0 Å². The maximum atomic E-state index is 6.42. The van der Waals surface area contributed by atoms with Gasteiger partial charge in [-0.3, -0.25) is 4.90 Å². The van der Waals surface area contributed by atoms with Gasteiger partial charge in [0.05, 0.1) is 12.7 Å². The van der Waals surface area contributed by atoms with Gasteiger partial charge in [0.1, 0.15) is 0 Å². The average Bonchev–Trinajstić information content (AvgIpc) is 2.43. The molecule has 0 aromatic heterocycles. The molecule has 1 saturated carbocycles. The molecule has 20 heavy (non-hydrogen) atoms. The second-order valence-corrected chi connectivity index (χ2v) is 7.05. The second kappa shape index (κ2) is 7.77. The van der Waals surface area contributed by atoms with Crippen LogP contribution in [-0.4, -0.2) is 42.8 Å². The van der Waals surface area contributed by atoms with Gasteiger partial charge in [0.25, 0.3) is 0 Å². The molecule has 1 aliphatic heterocycles. The molecule has 3 nitrogen and oxygen atoms in total. The highest BCUT2D eigenvalue weighted by Gasteiger charge is 2.33. The Balaban J connectivity index is 1.91. The number of ether oxygens (including phenoxy) is 1. The molecular weight excluding hydrogens is 248 g/mol. The van der Waals surface area contributed by atoms with Gasteiger partial charge in [-0.2, -0.15) is 0 Å². The molecule has 3 heteroatoms. The molecule has 5 atom stereocenters. The summed E-state index contributed by atoms with van der Waals surface area (Å²) in [5, 5.41) is 0. The Morgan fingerprint density at radius 1 is 1.25 bits per heavy atom. The van der Waals surface area contributed by atoms with Crippen molar-refractivity contribution < 1.29 is 4.74 Å². The fraction of sp³-hybridized carbons (Fsp3) is 1.00. The highest BCUT2D eigenvalue weighted by Crippen LogP contribution is 2.32. The Labute approximate surface area is 125 Å². The molecule has 118 valence electrons. The van der Waals surface area contributed by atoms with E-state index < -0.39 is 0 Å². The van der Waals surface area contributed by atoms with Crippen molar-refractivity contribution >= 4 is 0 Å². The Kier molecular flexibility index (Phi) is 6.31. The topological polar surface area (TPSA) is 38.5 Å². The number of hydrogen-bond donors (Lipinski definition) is 1. The fourth-order valence-electron chi connectivity index (χ4n) is 4.08. The lowest BCUT2D eigenvalue weighted by molar-refractivity contribution is -0.0641. The minimum atomic E-state index is 0.379. The standard InChI is InChI=1S/C17H34N2O/c1-4-6-14-7-8-17(18)15(9-14)11-19-10-13(3)20-12-16(19)5-2/h13-17H,4-12,18H2,1-3H3. The Bertz CT molecular complexity index is 284. The summed E-state index contributed by atoms with van der Waals surface area (Å²) in [6.45, 7) is 9.95. The molecule has 1 aliphatic carbocycles. The zero-order valence-electron chi connectivity index (χ0n) is 13.7. The molecule has 0 aromatic carbocycles. The maximum absolute atomic E-state index is 6.42. The van der Waals surface area contributed by atoms with E-state index in [0.717, 1.165) is 19.1 Å². The van der Waals surface area contributed by atoms with Gasteiger partial charge in [-0.05, 0) is 44.4 Å². The summed E-state index contributed by atoms with van der Waals surface area (Å²) in [7, 11) is 0. The van der Waals surface area contributed by atoms with E-state index in [1.165, 1.54) is 45.1 Å². The molecule has 1 heterocycles. The lowest BCUT2D eigenvalue weighted by Crippen LogP contribution is -2.52. The molecular formula is C17H34N2O. The zero-order chi connectivity index (χ0) is 14.5. The number of nitrogens with two attached hydrogens (primary N) is 1. The van der Waals surface area contributed by atoms with Gasteiger partial charge in [-0.25, -0.2) is 0 Å². The van der Waals surface area contributed by atoms with Crippen LogP contribution in [0.5, 0.6) is 0 Å². The van der Waals surface area contributed by atoms with Crippen LogP contribution in [0.2, 0.25) is 0 Å². The average molecular weight is 282 g/mol. The monoisotopic (exact) mass is 282 g/mol. The maximum Gasteiger partial charge on any atom is 0.0674 e. The number of nitrogens with zero attached hydrogens (tertiary/aromatic N) is 1. The molecule has 0 aromatic rings. The van der Waals surface area contributed by atoms with Gasteiger partial charge >= 0.3 is 0 Å². The largest absolute Gasteiger partial charge is 0.376 e. The van der Waals surface area contributed by atoms with Crippen molar-refractivity contribution in [1.29, 1.82) is 0 Å². The quantitative estimate of drug-likeness (QED) is 0.842. The summed E-state index contributed by atoms with van der Waals surface area (Å²) >= 11 is 0. The molecule has 0 bridgehead atoms. The Hall–Kier alpha value is -0.120. The molecule has 2 N–H and O–H groups in total. The van der Waals surface area contributed by atoms with E-state index >= 15 is 0 Å². The van der Waals surface area contributed by atoms with Crippen molar-refractivity contribution in [2.75, 3.05) is 19.7 Å². The van der Waals surface area contributed by atoms with Crippen LogP contribution < -0.4 is 5.73 Å². The van der Waals surface area contributed by atoms with E-state index in [1.54, 1.807) is 0 Å². The predicted molar refractivity (Wildman–Crippen MR) is 84.8 cm³/mol. The van der Waals surface area contributed by atoms with E-state index in [4.69, 9.17) is 10.5 Å². The number of hydrogen-bond acceptors (Lipinski definition) is 3. The van der Waals surface area contributed by atoms with Crippen LogP contribution in [0.4, 0.5) is 0 Å². The van der Waals surface area contributed by atoms with Crippen molar-refractivity contribution in [2.24, 2.45) is 17.6 Å².